The maximum Gasteiger partial charge on any atom is 0.0492 e. The summed E-state index contributed by atoms with van der Waals surface area (Å²) in [6, 6.07) is 2.11. The second kappa shape index (κ2) is 5.36. The molecule has 1 aromatic heterocycles. The first-order valence-electron chi connectivity index (χ1n) is 4.45. The van der Waals surface area contributed by atoms with Crippen LogP contribution in [0, 0.1) is 0 Å². The Morgan fingerprint density at radius 3 is 3.08 bits per heavy atom. The number of rotatable bonds is 5. The van der Waals surface area contributed by atoms with Crippen molar-refractivity contribution in [2.75, 3.05) is 5.33 Å². The Bertz CT molecular complexity index is 220. The van der Waals surface area contributed by atoms with Crippen molar-refractivity contribution < 1.29 is 0 Å². The van der Waals surface area contributed by atoms with E-state index < -0.39 is 0 Å². The van der Waals surface area contributed by atoms with E-state index in [1.807, 2.05) is 6.20 Å². The third-order valence-electron chi connectivity index (χ3n) is 1.81. The topological polar surface area (TPSA) is 17.8 Å². The molecule has 0 aliphatic carbocycles. The number of aromatic nitrogens is 2. The van der Waals surface area contributed by atoms with Crippen LogP contribution in [0.5, 0.6) is 0 Å². The second-order valence-electron chi connectivity index (χ2n) is 2.84. The fraction of sp³-hybridized carbons (Fsp3) is 0.667. The molecule has 0 radical (unpaired) electrons. The molecule has 1 aromatic rings. The summed E-state index contributed by atoms with van der Waals surface area (Å²) in [6.07, 6.45) is 5.36. The maximum absolute atomic E-state index is 4.26. The third kappa shape index (κ3) is 2.63. The SMILES string of the molecule is CCCn1nccc1CCCBr. The molecule has 2 nitrogen and oxygen atoms in total. The van der Waals surface area contributed by atoms with Crippen LogP contribution in [-0.2, 0) is 13.0 Å². The Balaban J connectivity index is 2.51. The highest BCUT2D eigenvalue weighted by Gasteiger charge is 1.99. The predicted octanol–water partition coefficient (Wildman–Crippen LogP) is 2.62. The Morgan fingerprint density at radius 2 is 2.42 bits per heavy atom. The van der Waals surface area contributed by atoms with Crippen LogP contribution in [0.15, 0.2) is 12.3 Å². The molecule has 0 saturated heterocycles. The molecule has 0 atom stereocenters. The number of nitrogens with zero attached hydrogens (tertiary/aromatic N) is 2. The number of aryl methyl sites for hydroxylation is 2. The molecule has 0 aliphatic heterocycles. The van der Waals surface area contributed by atoms with E-state index in [0.717, 1.165) is 24.7 Å². The molecule has 0 saturated carbocycles. The van der Waals surface area contributed by atoms with Crippen molar-refractivity contribution in [2.45, 2.75) is 32.7 Å². The van der Waals surface area contributed by atoms with Crippen molar-refractivity contribution in [3.8, 4) is 0 Å². The minimum atomic E-state index is 1.05. The highest BCUT2D eigenvalue weighted by atomic mass is 79.9. The van der Waals surface area contributed by atoms with E-state index in [0.29, 0.717) is 0 Å². The average Bonchev–Trinajstić information content (AvgIpc) is 2.50. The molecular weight excluding hydrogens is 216 g/mol. The third-order valence-corrected chi connectivity index (χ3v) is 2.37. The van der Waals surface area contributed by atoms with Crippen molar-refractivity contribution in [3.63, 3.8) is 0 Å². The van der Waals surface area contributed by atoms with Gasteiger partial charge < -0.3 is 0 Å². The zero-order valence-corrected chi connectivity index (χ0v) is 9.05. The zero-order valence-electron chi connectivity index (χ0n) is 7.46. The minimum absolute atomic E-state index is 1.05. The van der Waals surface area contributed by atoms with E-state index >= 15 is 0 Å². The zero-order chi connectivity index (χ0) is 8.81. The quantitative estimate of drug-likeness (QED) is 0.712. The molecule has 1 rings (SSSR count). The summed E-state index contributed by atoms with van der Waals surface area (Å²) in [6.45, 7) is 3.22. The molecule has 12 heavy (non-hydrogen) atoms. The molecule has 0 aromatic carbocycles. The van der Waals surface area contributed by atoms with Crippen LogP contribution in [0.4, 0.5) is 0 Å². The Hall–Kier alpha value is -0.310. The van der Waals surface area contributed by atoms with Gasteiger partial charge in [-0.1, -0.05) is 22.9 Å². The van der Waals surface area contributed by atoms with Gasteiger partial charge in [-0.2, -0.15) is 5.10 Å². The smallest absolute Gasteiger partial charge is 0.0492 e. The van der Waals surface area contributed by atoms with Crippen molar-refractivity contribution in [1.82, 2.24) is 9.78 Å². The van der Waals surface area contributed by atoms with Crippen LogP contribution in [0.2, 0.25) is 0 Å². The van der Waals surface area contributed by atoms with Gasteiger partial charge in [0.05, 0.1) is 0 Å². The summed E-state index contributed by atoms with van der Waals surface area (Å²) in [5.74, 6) is 0. The summed E-state index contributed by atoms with van der Waals surface area (Å²) < 4.78 is 2.10. The number of hydrogen-bond acceptors (Lipinski definition) is 1. The lowest BCUT2D eigenvalue weighted by Gasteiger charge is -2.04. The monoisotopic (exact) mass is 230 g/mol. The fourth-order valence-corrected chi connectivity index (χ4v) is 1.51. The normalized spacial score (nSPS) is 10.5. The van der Waals surface area contributed by atoms with Crippen LogP contribution in [0.1, 0.15) is 25.5 Å². The first-order valence-corrected chi connectivity index (χ1v) is 5.57. The van der Waals surface area contributed by atoms with E-state index in [1.165, 1.54) is 12.1 Å². The van der Waals surface area contributed by atoms with Crippen molar-refractivity contribution in [3.05, 3.63) is 18.0 Å². The highest BCUT2D eigenvalue weighted by Crippen LogP contribution is 2.04. The summed E-state index contributed by atoms with van der Waals surface area (Å²) in [5, 5.41) is 5.33. The molecule has 0 bridgehead atoms. The van der Waals surface area contributed by atoms with Gasteiger partial charge in [0, 0.05) is 23.8 Å². The molecule has 1 heterocycles. The summed E-state index contributed by atoms with van der Waals surface area (Å²) in [7, 11) is 0. The van der Waals surface area contributed by atoms with Gasteiger partial charge in [0.25, 0.3) is 0 Å². The Labute approximate surface area is 82.1 Å². The van der Waals surface area contributed by atoms with E-state index in [1.54, 1.807) is 0 Å². The van der Waals surface area contributed by atoms with Gasteiger partial charge >= 0.3 is 0 Å². The molecule has 0 amide bonds. The molecule has 0 fully saturated rings. The standard InChI is InChI=1S/C9H15BrN2/c1-2-8-12-9(4-3-6-10)5-7-11-12/h5,7H,2-4,6,8H2,1H3. The van der Waals surface area contributed by atoms with Crippen molar-refractivity contribution in [1.29, 1.82) is 0 Å². The maximum atomic E-state index is 4.26. The average molecular weight is 231 g/mol. The van der Waals surface area contributed by atoms with Gasteiger partial charge in [-0.05, 0) is 25.3 Å². The van der Waals surface area contributed by atoms with Gasteiger partial charge in [0.1, 0.15) is 0 Å². The summed E-state index contributed by atoms with van der Waals surface area (Å²) >= 11 is 3.43. The van der Waals surface area contributed by atoms with E-state index in [4.69, 9.17) is 0 Å². The van der Waals surface area contributed by atoms with Gasteiger partial charge in [-0.15, -0.1) is 0 Å². The fourth-order valence-electron chi connectivity index (χ4n) is 1.23. The van der Waals surface area contributed by atoms with E-state index in [2.05, 4.69) is 38.7 Å². The Kier molecular flexibility index (Phi) is 4.36. The first kappa shape index (κ1) is 9.78. The Morgan fingerprint density at radius 1 is 1.58 bits per heavy atom. The molecular formula is C9H15BrN2. The lowest BCUT2D eigenvalue weighted by Crippen LogP contribution is -2.04. The molecule has 0 N–H and O–H groups in total. The van der Waals surface area contributed by atoms with E-state index in [-0.39, 0.29) is 0 Å². The van der Waals surface area contributed by atoms with Crippen molar-refractivity contribution >= 4 is 15.9 Å². The molecule has 0 aliphatic rings. The van der Waals surface area contributed by atoms with Crippen LogP contribution in [0.25, 0.3) is 0 Å². The summed E-state index contributed by atoms with van der Waals surface area (Å²) in [4.78, 5) is 0. The van der Waals surface area contributed by atoms with Gasteiger partial charge in [0.15, 0.2) is 0 Å². The second-order valence-corrected chi connectivity index (χ2v) is 3.63. The molecule has 0 spiro atoms. The van der Waals surface area contributed by atoms with Gasteiger partial charge in [0.2, 0.25) is 0 Å². The minimum Gasteiger partial charge on any atom is -0.270 e. The van der Waals surface area contributed by atoms with Crippen LogP contribution < -0.4 is 0 Å². The number of alkyl halides is 1. The molecule has 0 unspecified atom stereocenters. The number of hydrogen-bond donors (Lipinski definition) is 0. The van der Waals surface area contributed by atoms with Crippen LogP contribution in [0.3, 0.4) is 0 Å². The van der Waals surface area contributed by atoms with Crippen LogP contribution >= 0.6 is 15.9 Å². The lowest BCUT2D eigenvalue weighted by atomic mass is 10.2. The number of halogens is 1. The molecule has 3 heteroatoms. The highest BCUT2D eigenvalue weighted by molar-refractivity contribution is 9.09. The van der Waals surface area contributed by atoms with Gasteiger partial charge in [-0.25, -0.2) is 0 Å². The lowest BCUT2D eigenvalue weighted by molar-refractivity contribution is 0.571. The van der Waals surface area contributed by atoms with Gasteiger partial charge in [-0.3, -0.25) is 4.68 Å². The van der Waals surface area contributed by atoms with Crippen LogP contribution in [-0.4, -0.2) is 15.1 Å². The summed E-state index contributed by atoms with van der Waals surface area (Å²) in [5.41, 5.74) is 1.36. The molecule has 68 valence electrons. The first-order chi connectivity index (χ1) is 5.88. The van der Waals surface area contributed by atoms with Crippen molar-refractivity contribution in [2.24, 2.45) is 0 Å². The predicted molar refractivity (Wildman–Crippen MR) is 54.6 cm³/mol. The largest absolute Gasteiger partial charge is 0.270 e. The van der Waals surface area contributed by atoms with E-state index in [9.17, 15) is 0 Å².